The molecule has 3 rings (SSSR count). The first-order valence-electron chi connectivity index (χ1n) is 9.51. The molecule has 0 spiro atoms. The predicted octanol–water partition coefficient (Wildman–Crippen LogP) is 3.58. The molecule has 3 N–H and O–H groups in total. The van der Waals surface area contributed by atoms with E-state index in [1.165, 1.54) is 0 Å². The van der Waals surface area contributed by atoms with Crippen LogP contribution in [0.4, 0.5) is 0 Å². The molecule has 148 valence electrons. The van der Waals surface area contributed by atoms with Crippen molar-refractivity contribution < 1.29 is 14.3 Å². The van der Waals surface area contributed by atoms with Crippen molar-refractivity contribution in [1.29, 1.82) is 0 Å². The van der Waals surface area contributed by atoms with E-state index in [9.17, 15) is 9.59 Å². The monoisotopic (exact) mass is 388 g/mol. The zero-order valence-electron chi connectivity index (χ0n) is 16.3. The van der Waals surface area contributed by atoms with Gasteiger partial charge in [-0.15, -0.1) is 0 Å². The molecule has 0 aromatic heterocycles. The number of carbonyl (C=O) groups excluding carboxylic acids is 2. The van der Waals surface area contributed by atoms with Gasteiger partial charge in [0.05, 0.1) is 0 Å². The van der Waals surface area contributed by atoms with Gasteiger partial charge in [0.2, 0.25) is 5.91 Å². The number of benzene rings is 3. The van der Waals surface area contributed by atoms with Gasteiger partial charge in [0.1, 0.15) is 5.75 Å². The number of hydrogen-bond acceptors (Lipinski definition) is 3. The van der Waals surface area contributed by atoms with E-state index in [0.717, 1.165) is 16.7 Å². The number of ether oxygens (including phenoxy) is 1. The summed E-state index contributed by atoms with van der Waals surface area (Å²) in [5.74, 6) is -0.0131. The van der Waals surface area contributed by atoms with Gasteiger partial charge in [0.15, 0.2) is 6.10 Å². The quantitative estimate of drug-likeness (QED) is 0.619. The van der Waals surface area contributed by atoms with Crippen LogP contribution in [0.1, 0.15) is 22.8 Å². The Morgan fingerprint density at radius 3 is 2.31 bits per heavy atom. The van der Waals surface area contributed by atoms with E-state index in [4.69, 9.17) is 10.5 Å². The molecule has 1 atom stereocenters. The summed E-state index contributed by atoms with van der Waals surface area (Å²) in [4.78, 5) is 23.5. The van der Waals surface area contributed by atoms with Crippen molar-refractivity contribution in [1.82, 2.24) is 5.32 Å². The van der Waals surface area contributed by atoms with Crippen molar-refractivity contribution in [2.45, 2.75) is 19.4 Å². The van der Waals surface area contributed by atoms with Crippen LogP contribution >= 0.6 is 0 Å². The van der Waals surface area contributed by atoms with Crippen molar-refractivity contribution in [2.24, 2.45) is 5.73 Å². The van der Waals surface area contributed by atoms with Crippen LogP contribution in [0, 0.1) is 0 Å². The molecule has 0 heterocycles. The third kappa shape index (κ3) is 5.69. The smallest absolute Gasteiger partial charge is 0.260 e. The largest absolute Gasteiger partial charge is 0.481 e. The van der Waals surface area contributed by atoms with Crippen molar-refractivity contribution in [2.75, 3.05) is 6.54 Å². The highest BCUT2D eigenvalue weighted by molar-refractivity contribution is 5.92. The lowest BCUT2D eigenvalue weighted by atomic mass is 10.1. The zero-order valence-corrected chi connectivity index (χ0v) is 16.3. The maximum atomic E-state index is 12.3. The first-order valence-corrected chi connectivity index (χ1v) is 9.51. The summed E-state index contributed by atoms with van der Waals surface area (Å²) in [7, 11) is 0. The van der Waals surface area contributed by atoms with Crippen molar-refractivity contribution in [3.05, 3.63) is 90.0 Å². The number of carbonyl (C=O) groups is 2. The van der Waals surface area contributed by atoms with E-state index in [1.807, 2.05) is 60.7 Å². The molecule has 0 radical (unpaired) electrons. The number of amides is 2. The molecule has 0 fully saturated rings. The predicted molar refractivity (Wildman–Crippen MR) is 114 cm³/mol. The number of nitrogens with two attached hydrogens (primary N) is 1. The first-order chi connectivity index (χ1) is 14.0. The molecule has 2 amide bonds. The lowest BCUT2D eigenvalue weighted by molar-refractivity contribution is -0.127. The molecular formula is C24H24N2O3. The maximum absolute atomic E-state index is 12.3. The van der Waals surface area contributed by atoms with Gasteiger partial charge in [0, 0.05) is 12.1 Å². The van der Waals surface area contributed by atoms with Gasteiger partial charge in [-0.2, -0.15) is 0 Å². The summed E-state index contributed by atoms with van der Waals surface area (Å²) in [5, 5.41) is 2.86. The fraction of sp³-hybridized carbons (Fsp3) is 0.167. The van der Waals surface area contributed by atoms with Crippen LogP contribution in [0.15, 0.2) is 78.9 Å². The lowest BCUT2D eigenvalue weighted by Crippen LogP contribution is -2.37. The average Bonchev–Trinajstić information content (AvgIpc) is 2.75. The highest BCUT2D eigenvalue weighted by Gasteiger charge is 2.14. The van der Waals surface area contributed by atoms with Crippen LogP contribution in [0.3, 0.4) is 0 Å². The highest BCUT2D eigenvalue weighted by Crippen LogP contribution is 2.22. The second-order valence-electron chi connectivity index (χ2n) is 6.76. The summed E-state index contributed by atoms with van der Waals surface area (Å²) < 4.78 is 5.75. The van der Waals surface area contributed by atoms with Gasteiger partial charge in [-0.1, -0.05) is 54.6 Å². The average molecular weight is 388 g/mol. The van der Waals surface area contributed by atoms with Gasteiger partial charge in [-0.25, -0.2) is 0 Å². The van der Waals surface area contributed by atoms with Crippen LogP contribution < -0.4 is 15.8 Å². The summed E-state index contributed by atoms with van der Waals surface area (Å²) in [6.45, 7) is 2.16. The normalized spacial score (nSPS) is 11.5. The number of hydrogen-bond donors (Lipinski definition) is 2. The van der Waals surface area contributed by atoms with E-state index in [2.05, 4.69) is 5.32 Å². The third-order valence-electron chi connectivity index (χ3n) is 4.57. The van der Waals surface area contributed by atoms with Gasteiger partial charge < -0.3 is 15.8 Å². The molecule has 5 heteroatoms. The van der Waals surface area contributed by atoms with Crippen LogP contribution in [0.25, 0.3) is 11.1 Å². The fourth-order valence-electron chi connectivity index (χ4n) is 2.97. The molecule has 0 saturated carbocycles. The minimum atomic E-state index is -0.616. The third-order valence-corrected chi connectivity index (χ3v) is 4.57. The van der Waals surface area contributed by atoms with Gasteiger partial charge in [-0.3, -0.25) is 9.59 Å². The van der Waals surface area contributed by atoms with E-state index in [0.29, 0.717) is 24.3 Å². The Labute approximate surface area is 170 Å². The Morgan fingerprint density at radius 1 is 0.931 bits per heavy atom. The van der Waals surface area contributed by atoms with Gasteiger partial charge >= 0.3 is 0 Å². The summed E-state index contributed by atoms with van der Waals surface area (Å²) in [5.41, 5.74) is 8.91. The van der Waals surface area contributed by atoms with Crippen molar-refractivity contribution >= 4 is 11.8 Å². The zero-order chi connectivity index (χ0) is 20.6. The Kier molecular flexibility index (Phi) is 6.63. The fourth-order valence-corrected chi connectivity index (χ4v) is 2.97. The van der Waals surface area contributed by atoms with Crippen LogP contribution in [0.2, 0.25) is 0 Å². The molecule has 1 unspecified atom stereocenters. The van der Waals surface area contributed by atoms with E-state index in [1.54, 1.807) is 25.1 Å². The molecular weight excluding hydrogens is 364 g/mol. The second kappa shape index (κ2) is 9.55. The molecule has 0 aliphatic rings. The van der Waals surface area contributed by atoms with Gasteiger partial charge in [-0.05, 0) is 54.3 Å². The molecule has 5 nitrogen and oxygen atoms in total. The highest BCUT2D eigenvalue weighted by atomic mass is 16.5. The maximum Gasteiger partial charge on any atom is 0.260 e. The van der Waals surface area contributed by atoms with E-state index in [-0.39, 0.29) is 5.91 Å². The molecule has 0 aliphatic carbocycles. The van der Waals surface area contributed by atoms with E-state index < -0.39 is 12.0 Å². The first kappa shape index (κ1) is 20.1. The minimum Gasteiger partial charge on any atom is -0.481 e. The Balaban J connectivity index is 1.49. The summed E-state index contributed by atoms with van der Waals surface area (Å²) >= 11 is 0. The standard InChI is InChI=1S/C24H24N2O3/c1-17(24(28)26-15-14-18-6-5-9-21(16-18)23(25)27)29-22-12-10-20(11-13-22)19-7-3-2-4-8-19/h2-13,16-17H,14-15H2,1H3,(H2,25,27)(H,26,28). The summed E-state index contributed by atoms with van der Waals surface area (Å²) in [6.07, 6.45) is -0.0136. The number of primary amides is 1. The Morgan fingerprint density at radius 2 is 1.62 bits per heavy atom. The van der Waals surface area contributed by atoms with Crippen molar-refractivity contribution in [3.8, 4) is 16.9 Å². The lowest BCUT2D eigenvalue weighted by Gasteiger charge is -2.15. The molecule has 0 bridgehead atoms. The second-order valence-corrected chi connectivity index (χ2v) is 6.76. The summed E-state index contributed by atoms with van der Waals surface area (Å²) in [6, 6.07) is 24.8. The molecule has 0 saturated heterocycles. The minimum absolute atomic E-state index is 0.191. The van der Waals surface area contributed by atoms with E-state index >= 15 is 0 Å². The molecule has 3 aromatic carbocycles. The van der Waals surface area contributed by atoms with Gasteiger partial charge in [0.25, 0.3) is 5.91 Å². The van der Waals surface area contributed by atoms with Crippen molar-refractivity contribution in [3.63, 3.8) is 0 Å². The number of rotatable bonds is 8. The Bertz CT molecular complexity index is 969. The topological polar surface area (TPSA) is 81.4 Å². The molecule has 29 heavy (non-hydrogen) atoms. The number of nitrogens with one attached hydrogen (secondary N) is 1. The van der Waals surface area contributed by atoms with Crippen LogP contribution in [0.5, 0.6) is 5.75 Å². The van der Waals surface area contributed by atoms with Crippen LogP contribution in [-0.4, -0.2) is 24.5 Å². The van der Waals surface area contributed by atoms with Crippen LogP contribution in [-0.2, 0) is 11.2 Å². The SMILES string of the molecule is CC(Oc1ccc(-c2ccccc2)cc1)C(=O)NCCc1cccc(C(N)=O)c1. The Hall–Kier alpha value is -3.60. The molecule has 0 aliphatic heterocycles. The molecule has 3 aromatic rings.